The highest BCUT2D eigenvalue weighted by atomic mass is 32.2. The highest BCUT2D eigenvalue weighted by molar-refractivity contribution is 7.99. The van der Waals surface area contributed by atoms with Gasteiger partial charge in [0.1, 0.15) is 5.76 Å². The molecule has 1 fully saturated rings. The van der Waals surface area contributed by atoms with Gasteiger partial charge in [-0.15, -0.1) is 11.8 Å². The second-order valence-electron chi connectivity index (χ2n) is 5.75. The Morgan fingerprint density at radius 1 is 1.23 bits per heavy atom. The zero-order chi connectivity index (χ0) is 15.5. The van der Waals surface area contributed by atoms with Gasteiger partial charge in [-0.05, 0) is 55.7 Å². The van der Waals surface area contributed by atoms with Crippen molar-refractivity contribution >= 4 is 17.7 Å². The lowest BCUT2D eigenvalue weighted by atomic mass is 10.1. The summed E-state index contributed by atoms with van der Waals surface area (Å²) < 4.78 is 5.51. The number of rotatable bonds is 2. The molecule has 0 N–H and O–H groups in total. The first-order valence-corrected chi connectivity index (χ1v) is 8.71. The third-order valence-corrected chi connectivity index (χ3v) is 5.53. The van der Waals surface area contributed by atoms with Crippen LogP contribution in [0.2, 0.25) is 0 Å². The van der Waals surface area contributed by atoms with E-state index >= 15 is 0 Å². The monoisotopic (exact) mass is 315 g/mol. The Kier molecular flexibility index (Phi) is 4.57. The largest absolute Gasteiger partial charge is 0.468 e. The Morgan fingerprint density at radius 3 is 2.82 bits per heavy atom. The summed E-state index contributed by atoms with van der Waals surface area (Å²) >= 11 is 1.88. The van der Waals surface area contributed by atoms with E-state index in [1.165, 1.54) is 11.1 Å². The molecule has 1 aliphatic rings. The summed E-state index contributed by atoms with van der Waals surface area (Å²) in [5.74, 6) is 2.11. The lowest BCUT2D eigenvalue weighted by molar-refractivity contribution is 0.0766. The highest BCUT2D eigenvalue weighted by Crippen LogP contribution is 2.34. The van der Waals surface area contributed by atoms with Crippen molar-refractivity contribution in [2.45, 2.75) is 25.5 Å². The van der Waals surface area contributed by atoms with Gasteiger partial charge in [-0.1, -0.05) is 6.07 Å². The predicted octanol–water partition coefficient (Wildman–Crippen LogP) is 4.22. The number of hydrogen-bond donors (Lipinski definition) is 0. The summed E-state index contributed by atoms with van der Waals surface area (Å²) in [6.07, 6.45) is 2.66. The molecule has 0 saturated carbocycles. The topological polar surface area (TPSA) is 33.5 Å². The van der Waals surface area contributed by atoms with E-state index in [1.807, 2.05) is 47.0 Å². The number of thioether (sulfide) groups is 1. The molecule has 1 amide bonds. The molecule has 1 unspecified atom stereocenters. The van der Waals surface area contributed by atoms with Crippen molar-refractivity contribution in [1.29, 1.82) is 0 Å². The van der Waals surface area contributed by atoms with Crippen molar-refractivity contribution in [2.75, 3.05) is 18.8 Å². The standard InChI is InChI=1S/C18H21NO2S/c1-13-5-6-15(12-14(13)2)18(20)19-8-7-17(22-11-9-19)16-4-3-10-21-16/h3-6,10,12,17H,7-9,11H2,1-2H3. The minimum Gasteiger partial charge on any atom is -0.468 e. The number of carbonyl (C=O) groups is 1. The zero-order valence-electron chi connectivity index (χ0n) is 13.0. The Labute approximate surface area is 135 Å². The first-order chi connectivity index (χ1) is 10.6. The first-order valence-electron chi connectivity index (χ1n) is 7.66. The Balaban J connectivity index is 1.70. The molecular weight excluding hydrogens is 294 g/mol. The van der Waals surface area contributed by atoms with Gasteiger partial charge < -0.3 is 9.32 Å². The quantitative estimate of drug-likeness (QED) is 0.832. The molecule has 3 rings (SSSR count). The minimum atomic E-state index is 0.142. The van der Waals surface area contributed by atoms with Crippen LogP contribution in [0, 0.1) is 13.8 Å². The van der Waals surface area contributed by atoms with Crippen molar-refractivity contribution in [3.8, 4) is 0 Å². The fourth-order valence-corrected chi connectivity index (χ4v) is 3.91. The lowest BCUT2D eigenvalue weighted by Crippen LogP contribution is -2.33. The molecule has 116 valence electrons. The van der Waals surface area contributed by atoms with E-state index in [1.54, 1.807) is 6.26 Å². The second kappa shape index (κ2) is 6.61. The molecule has 0 radical (unpaired) electrons. The smallest absolute Gasteiger partial charge is 0.253 e. The Bertz CT molecular complexity index is 651. The van der Waals surface area contributed by atoms with E-state index in [9.17, 15) is 4.79 Å². The normalized spacial score (nSPS) is 19.0. The summed E-state index contributed by atoms with van der Waals surface area (Å²) in [7, 11) is 0. The van der Waals surface area contributed by atoms with Gasteiger partial charge in [-0.3, -0.25) is 4.79 Å². The van der Waals surface area contributed by atoms with Gasteiger partial charge in [0.2, 0.25) is 0 Å². The van der Waals surface area contributed by atoms with Crippen LogP contribution in [0.4, 0.5) is 0 Å². The number of nitrogens with zero attached hydrogens (tertiary/aromatic N) is 1. The van der Waals surface area contributed by atoms with E-state index in [0.29, 0.717) is 5.25 Å². The van der Waals surface area contributed by atoms with E-state index < -0.39 is 0 Å². The van der Waals surface area contributed by atoms with E-state index in [4.69, 9.17) is 4.42 Å². The number of hydrogen-bond acceptors (Lipinski definition) is 3. The Morgan fingerprint density at radius 2 is 2.09 bits per heavy atom. The van der Waals surface area contributed by atoms with Gasteiger partial charge in [0.25, 0.3) is 5.91 Å². The minimum absolute atomic E-state index is 0.142. The van der Waals surface area contributed by atoms with E-state index in [2.05, 4.69) is 13.8 Å². The molecule has 2 heterocycles. The predicted molar refractivity (Wildman–Crippen MR) is 90.3 cm³/mol. The van der Waals surface area contributed by atoms with Crippen molar-refractivity contribution < 1.29 is 9.21 Å². The third kappa shape index (κ3) is 3.22. The van der Waals surface area contributed by atoms with Crippen molar-refractivity contribution in [3.05, 3.63) is 59.0 Å². The van der Waals surface area contributed by atoms with Gasteiger partial charge in [0.05, 0.1) is 11.5 Å². The van der Waals surface area contributed by atoms with Crippen molar-refractivity contribution in [1.82, 2.24) is 4.90 Å². The van der Waals surface area contributed by atoms with Gasteiger partial charge in [-0.2, -0.15) is 0 Å². The molecule has 1 aromatic heterocycles. The third-order valence-electron chi connectivity index (χ3n) is 4.24. The molecular formula is C18H21NO2S. The van der Waals surface area contributed by atoms with E-state index in [0.717, 1.165) is 36.6 Å². The fourth-order valence-electron chi connectivity index (χ4n) is 2.73. The van der Waals surface area contributed by atoms with E-state index in [-0.39, 0.29) is 5.91 Å². The molecule has 1 aromatic carbocycles. The Hall–Kier alpha value is -1.68. The fraction of sp³-hybridized carbons (Fsp3) is 0.389. The molecule has 3 nitrogen and oxygen atoms in total. The van der Waals surface area contributed by atoms with Crippen LogP contribution < -0.4 is 0 Å². The number of carbonyl (C=O) groups excluding carboxylic acids is 1. The highest BCUT2D eigenvalue weighted by Gasteiger charge is 2.24. The average Bonchev–Trinajstić information content (AvgIpc) is 2.94. The summed E-state index contributed by atoms with van der Waals surface area (Å²) in [5.41, 5.74) is 3.19. The average molecular weight is 315 g/mol. The molecule has 1 saturated heterocycles. The lowest BCUT2D eigenvalue weighted by Gasteiger charge is -2.20. The SMILES string of the molecule is Cc1ccc(C(=O)N2CCSC(c3ccco3)CC2)cc1C. The molecule has 1 aliphatic heterocycles. The zero-order valence-corrected chi connectivity index (χ0v) is 13.9. The maximum Gasteiger partial charge on any atom is 0.253 e. The maximum absolute atomic E-state index is 12.7. The molecule has 1 atom stereocenters. The first kappa shape index (κ1) is 15.2. The van der Waals surface area contributed by atoms with Crippen molar-refractivity contribution in [3.63, 3.8) is 0 Å². The van der Waals surface area contributed by atoms with Crippen molar-refractivity contribution in [2.24, 2.45) is 0 Å². The summed E-state index contributed by atoms with van der Waals surface area (Å²) in [5, 5.41) is 0.354. The molecule has 0 bridgehead atoms. The summed E-state index contributed by atoms with van der Waals surface area (Å²) in [6.45, 7) is 5.70. The molecule has 4 heteroatoms. The second-order valence-corrected chi connectivity index (χ2v) is 7.07. The van der Waals surface area contributed by atoms with Gasteiger partial charge in [-0.25, -0.2) is 0 Å². The number of amides is 1. The van der Waals surface area contributed by atoms with Crippen LogP contribution >= 0.6 is 11.8 Å². The van der Waals surface area contributed by atoms with Gasteiger partial charge in [0.15, 0.2) is 0 Å². The molecule has 0 aliphatic carbocycles. The number of benzene rings is 1. The molecule has 2 aromatic rings. The van der Waals surface area contributed by atoms with Crippen LogP contribution in [-0.4, -0.2) is 29.6 Å². The van der Waals surface area contributed by atoms with Crippen LogP contribution in [0.5, 0.6) is 0 Å². The number of furan rings is 1. The van der Waals surface area contributed by atoms with Crippen LogP contribution in [0.3, 0.4) is 0 Å². The van der Waals surface area contributed by atoms with Crippen LogP contribution in [0.1, 0.15) is 38.9 Å². The maximum atomic E-state index is 12.7. The molecule has 22 heavy (non-hydrogen) atoms. The summed E-state index contributed by atoms with van der Waals surface area (Å²) in [4.78, 5) is 14.7. The van der Waals surface area contributed by atoms with Gasteiger partial charge >= 0.3 is 0 Å². The van der Waals surface area contributed by atoms with Crippen LogP contribution in [-0.2, 0) is 0 Å². The van der Waals surface area contributed by atoms with Gasteiger partial charge in [0, 0.05) is 24.4 Å². The van der Waals surface area contributed by atoms with Crippen LogP contribution in [0.25, 0.3) is 0 Å². The molecule has 0 spiro atoms. The number of aryl methyl sites for hydroxylation is 2. The van der Waals surface area contributed by atoms with Crippen LogP contribution in [0.15, 0.2) is 41.0 Å². The summed E-state index contributed by atoms with van der Waals surface area (Å²) in [6, 6.07) is 9.92.